The maximum absolute atomic E-state index is 12.8. The van der Waals surface area contributed by atoms with E-state index in [2.05, 4.69) is 106 Å². The molecule has 0 aromatic carbocycles. The number of allylic oxidation sites excluding steroid dienone is 13. The van der Waals surface area contributed by atoms with E-state index >= 15 is 0 Å². The number of carbonyl (C=O) groups is 2. The molecule has 368 valence electrons. The molecule has 0 saturated carbocycles. The van der Waals surface area contributed by atoms with Gasteiger partial charge in [-0.05, 0) is 103 Å². The van der Waals surface area contributed by atoms with Crippen molar-refractivity contribution in [3.05, 3.63) is 85.1 Å². The van der Waals surface area contributed by atoms with Crippen LogP contribution < -0.4 is 0 Å². The molecule has 64 heavy (non-hydrogen) atoms. The first-order chi connectivity index (χ1) is 31.6. The standard InChI is InChI=1S/C59H102O5/c1-4-7-10-13-16-19-22-25-28-30-32-34-37-40-43-46-49-52-58(60)63-56-57(55-62-54-51-48-45-42-39-36-33-29-26-23-20-17-14-11-8-5-2)64-59(61)53-50-47-44-41-38-35-31-27-24-21-18-15-12-9-6-3/h8,11,17,20,25-29,31,36,39,45,48,57H,4-7,9-10,12-16,18-19,21-24,30,32-35,37-38,40-44,46-47,49-56H2,1-3H3/b11-8-,20-17-,28-25-,29-26-,31-27-,39-36-,48-45-. The monoisotopic (exact) mass is 891 g/mol. The van der Waals surface area contributed by atoms with Gasteiger partial charge >= 0.3 is 11.9 Å². The molecule has 5 heteroatoms. The number of carbonyl (C=O) groups excluding carboxylic acids is 2. The molecule has 0 bridgehead atoms. The van der Waals surface area contributed by atoms with E-state index in [0.29, 0.717) is 19.4 Å². The molecule has 5 nitrogen and oxygen atoms in total. The Labute approximate surface area is 397 Å². The average molecular weight is 891 g/mol. The third-order valence-corrected chi connectivity index (χ3v) is 11.4. The summed E-state index contributed by atoms with van der Waals surface area (Å²) in [6.07, 6.45) is 71.9. The van der Waals surface area contributed by atoms with Gasteiger partial charge < -0.3 is 14.2 Å². The first kappa shape index (κ1) is 61.1. The Hall–Kier alpha value is -2.92. The zero-order valence-corrected chi connectivity index (χ0v) is 42.3. The van der Waals surface area contributed by atoms with Gasteiger partial charge in [0.2, 0.25) is 0 Å². The largest absolute Gasteiger partial charge is 0.462 e. The van der Waals surface area contributed by atoms with Crippen LogP contribution in [0.25, 0.3) is 0 Å². The summed E-state index contributed by atoms with van der Waals surface area (Å²) in [5.41, 5.74) is 0. The van der Waals surface area contributed by atoms with E-state index in [1.807, 2.05) is 0 Å². The van der Waals surface area contributed by atoms with Gasteiger partial charge in [-0.15, -0.1) is 0 Å². The van der Waals surface area contributed by atoms with E-state index in [9.17, 15) is 9.59 Å². The maximum Gasteiger partial charge on any atom is 0.306 e. The Morgan fingerprint density at radius 1 is 0.359 bits per heavy atom. The van der Waals surface area contributed by atoms with Crippen molar-refractivity contribution in [3.8, 4) is 0 Å². The molecule has 0 radical (unpaired) electrons. The topological polar surface area (TPSA) is 61.8 Å². The molecule has 1 unspecified atom stereocenters. The normalized spacial score (nSPS) is 12.9. The van der Waals surface area contributed by atoms with Gasteiger partial charge in [-0.2, -0.15) is 0 Å². The smallest absolute Gasteiger partial charge is 0.306 e. The van der Waals surface area contributed by atoms with E-state index in [1.54, 1.807) is 0 Å². The minimum atomic E-state index is -0.585. The summed E-state index contributed by atoms with van der Waals surface area (Å²) in [5.74, 6) is -0.450. The molecule has 0 rings (SSSR count). The van der Waals surface area contributed by atoms with Gasteiger partial charge in [-0.3, -0.25) is 9.59 Å². The number of hydrogen-bond acceptors (Lipinski definition) is 5. The SMILES string of the molecule is CC/C=C\C/C=C\C/C=C\C/C=C\C/C=C\CCOCC(COC(=O)CCCCCCCCC/C=C\CCCCCCCC)OC(=O)CCCCCCC/C=C\CCCCCCCC. The van der Waals surface area contributed by atoms with Gasteiger partial charge in [0, 0.05) is 12.8 Å². The minimum absolute atomic E-state index is 0.0476. The summed E-state index contributed by atoms with van der Waals surface area (Å²) in [4.78, 5) is 25.4. The highest BCUT2D eigenvalue weighted by Gasteiger charge is 2.17. The molecule has 0 saturated heterocycles. The van der Waals surface area contributed by atoms with Crippen LogP contribution in [0.15, 0.2) is 85.1 Å². The fourth-order valence-corrected chi connectivity index (χ4v) is 7.39. The molecule has 0 spiro atoms. The molecule has 0 aliphatic rings. The quantitative estimate of drug-likeness (QED) is 0.0346. The summed E-state index contributed by atoms with van der Waals surface area (Å²) in [7, 11) is 0. The van der Waals surface area contributed by atoms with Crippen LogP contribution in [0, 0.1) is 0 Å². The Kier molecular flexibility index (Phi) is 51.9. The van der Waals surface area contributed by atoms with Gasteiger partial charge in [0.15, 0.2) is 6.10 Å². The average Bonchev–Trinajstić information content (AvgIpc) is 3.30. The molecule has 0 aliphatic heterocycles. The summed E-state index contributed by atoms with van der Waals surface area (Å²) in [6.45, 7) is 7.50. The predicted octanol–water partition coefficient (Wildman–Crippen LogP) is 18.5. The highest BCUT2D eigenvalue weighted by molar-refractivity contribution is 5.70. The third-order valence-electron chi connectivity index (χ3n) is 11.4. The lowest BCUT2D eigenvalue weighted by molar-refractivity contribution is -0.162. The molecular formula is C59H102O5. The lowest BCUT2D eigenvalue weighted by atomic mass is 10.1. The van der Waals surface area contributed by atoms with Crippen LogP contribution in [0.1, 0.15) is 252 Å². The van der Waals surface area contributed by atoms with Crippen molar-refractivity contribution >= 4 is 11.9 Å². The lowest BCUT2D eigenvalue weighted by Crippen LogP contribution is -2.30. The van der Waals surface area contributed by atoms with Crippen LogP contribution in [0.3, 0.4) is 0 Å². The van der Waals surface area contributed by atoms with Crippen molar-refractivity contribution in [2.75, 3.05) is 19.8 Å². The second-order valence-corrected chi connectivity index (χ2v) is 17.7. The van der Waals surface area contributed by atoms with Gasteiger partial charge in [-0.1, -0.05) is 221 Å². The molecule has 0 aromatic heterocycles. The molecule has 0 amide bonds. The number of ether oxygens (including phenoxy) is 3. The van der Waals surface area contributed by atoms with E-state index in [0.717, 1.165) is 83.5 Å². The Morgan fingerprint density at radius 2 is 0.703 bits per heavy atom. The van der Waals surface area contributed by atoms with Crippen LogP contribution >= 0.6 is 0 Å². The van der Waals surface area contributed by atoms with Crippen molar-refractivity contribution in [2.24, 2.45) is 0 Å². The van der Waals surface area contributed by atoms with Crippen molar-refractivity contribution in [2.45, 2.75) is 258 Å². The predicted molar refractivity (Wildman–Crippen MR) is 279 cm³/mol. The number of rotatable bonds is 49. The van der Waals surface area contributed by atoms with Crippen molar-refractivity contribution in [3.63, 3.8) is 0 Å². The molecule has 0 N–H and O–H groups in total. The summed E-state index contributed by atoms with van der Waals surface area (Å²) in [6, 6.07) is 0. The second-order valence-electron chi connectivity index (χ2n) is 17.7. The van der Waals surface area contributed by atoms with Crippen LogP contribution in [0.4, 0.5) is 0 Å². The molecule has 1 atom stereocenters. The summed E-state index contributed by atoms with van der Waals surface area (Å²) in [5, 5.41) is 0. The Morgan fingerprint density at radius 3 is 1.12 bits per heavy atom. The number of hydrogen-bond donors (Lipinski definition) is 0. The Bertz CT molecular complexity index is 1190. The summed E-state index contributed by atoms with van der Waals surface area (Å²) < 4.78 is 17.3. The number of esters is 2. The zero-order valence-electron chi connectivity index (χ0n) is 42.3. The molecule has 0 heterocycles. The van der Waals surface area contributed by atoms with E-state index in [-0.39, 0.29) is 25.2 Å². The van der Waals surface area contributed by atoms with Crippen LogP contribution in [0.5, 0.6) is 0 Å². The Balaban J connectivity index is 4.39. The van der Waals surface area contributed by atoms with E-state index in [1.165, 1.54) is 135 Å². The van der Waals surface area contributed by atoms with Gasteiger partial charge in [0.05, 0.1) is 13.2 Å². The van der Waals surface area contributed by atoms with Crippen LogP contribution in [-0.4, -0.2) is 37.9 Å². The first-order valence-corrected chi connectivity index (χ1v) is 27.1. The highest BCUT2D eigenvalue weighted by Crippen LogP contribution is 2.14. The molecule has 0 fully saturated rings. The molecular weight excluding hydrogens is 789 g/mol. The first-order valence-electron chi connectivity index (χ1n) is 27.1. The van der Waals surface area contributed by atoms with Crippen LogP contribution in [0.2, 0.25) is 0 Å². The van der Waals surface area contributed by atoms with Crippen molar-refractivity contribution in [1.82, 2.24) is 0 Å². The molecule has 0 aromatic rings. The fourth-order valence-electron chi connectivity index (χ4n) is 7.39. The van der Waals surface area contributed by atoms with Crippen LogP contribution in [-0.2, 0) is 23.8 Å². The fraction of sp³-hybridized carbons (Fsp3) is 0.729. The van der Waals surface area contributed by atoms with Crippen molar-refractivity contribution in [1.29, 1.82) is 0 Å². The highest BCUT2D eigenvalue weighted by atomic mass is 16.6. The lowest BCUT2D eigenvalue weighted by Gasteiger charge is -2.18. The van der Waals surface area contributed by atoms with E-state index in [4.69, 9.17) is 14.2 Å². The second kappa shape index (κ2) is 54.4. The summed E-state index contributed by atoms with van der Waals surface area (Å²) >= 11 is 0. The minimum Gasteiger partial charge on any atom is -0.462 e. The maximum atomic E-state index is 12.8. The number of unbranched alkanes of at least 4 members (excludes halogenated alkanes) is 24. The zero-order chi connectivity index (χ0) is 46.3. The van der Waals surface area contributed by atoms with Crippen molar-refractivity contribution < 1.29 is 23.8 Å². The third kappa shape index (κ3) is 51.7. The van der Waals surface area contributed by atoms with Gasteiger partial charge in [-0.25, -0.2) is 0 Å². The van der Waals surface area contributed by atoms with Gasteiger partial charge in [0.1, 0.15) is 6.61 Å². The van der Waals surface area contributed by atoms with Gasteiger partial charge in [0.25, 0.3) is 0 Å². The van der Waals surface area contributed by atoms with E-state index < -0.39 is 6.10 Å². The molecule has 0 aliphatic carbocycles.